The van der Waals surface area contributed by atoms with Gasteiger partial charge >= 0.3 is 53.4 Å². The summed E-state index contributed by atoms with van der Waals surface area (Å²) >= 11 is 0. The van der Waals surface area contributed by atoms with Crippen LogP contribution in [0.3, 0.4) is 0 Å². The fourth-order valence-electron chi connectivity index (χ4n) is 0. The summed E-state index contributed by atoms with van der Waals surface area (Å²) in [5.74, 6) is 0. The van der Waals surface area contributed by atoms with Crippen LogP contribution in [0.4, 0.5) is 0 Å². The van der Waals surface area contributed by atoms with Crippen LogP contribution in [0.15, 0.2) is 0 Å². The summed E-state index contributed by atoms with van der Waals surface area (Å²) in [5, 5.41) is 0. The van der Waals surface area contributed by atoms with E-state index in [0.717, 1.165) is 0 Å². The first kappa shape index (κ1) is 23.3. The second-order valence-electron chi connectivity index (χ2n) is 1.03. The maximum absolute atomic E-state index is 8.88. The van der Waals surface area contributed by atoms with E-state index in [2.05, 4.69) is 0 Å². The summed E-state index contributed by atoms with van der Waals surface area (Å²) in [6.45, 7) is 0. The fraction of sp³-hybridized carbons (Fsp3) is 0. The molecule has 0 aliphatic rings. The van der Waals surface area contributed by atoms with Crippen molar-refractivity contribution >= 4 is 53.4 Å². The minimum absolute atomic E-state index is 0. The Balaban J connectivity index is -0.0000000457. The molecule has 0 aromatic rings. The van der Waals surface area contributed by atoms with Gasteiger partial charge in [-0.2, -0.15) is 0 Å². The van der Waals surface area contributed by atoms with E-state index in [4.69, 9.17) is 38.5 Å². The van der Waals surface area contributed by atoms with Crippen molar-refractivity contribution < 1.29 is 44.0 Å². The van der Waals surface area contributed by atoms with E-state index in [9.17, 15) is 0 Å². The van der Waals surface area contributed by atoms with Gasteiger partial charge in [0.2, 0.25) is 0 Å². The molecule has 0 radical (unpaired) electrons. The van der Waals surface area contributed by atoms with E-state index in [1.54, 1.807) is 0 Å². The van der Waals surface area contributed by atoms with Crippen molar-refractivity contribution in [1.29, 1.82) is 0 Å². The van der Waals surface area contributed by atoms with E-state index in [-0.39, 0.29) is 43.2 Å². The molecule has 0 aliphatic carbocycles. The third kappa shape index (κ3) is 601. The van der Waals surface area contributed by atoms with Crippen LogP contribution in [0.25, 0.3) is 0 Å². The van der Waals surface area contributed by atoms with Crippen LogP contribution in [-0.4, -0.2) is 72.6 Å². The molecule has 76 valence electrons. The fourth-order valence-corrected chi connectivity index (χ4v) is 0. The van der Waals surface area contributed by atoms with Gasteiger partial charge in [0.25, 0.3) is 0 Å². The third-order valence-electron chi connectivity index (χ3n) is 0. The Morgan fingerprint density at radius 3 is 0.667 bits per heavy atom. The van der Waals surface area contributed by atoms with Gasteiger partial charge in [-0.25, -0.2) is 9.13 Å². The van der Waals surface area contributed by atoms with Crippen molar-refractivity contribution in [3.63, 3.8) is 0 Å². The van der Waals surface area contributed by atoms with E-state index in [0.29, 0.717) is 0 Å². The normalized spacial score (nSPS) is 9.83. The Kier molecular flexibility index (Phi) is 17.5. The van der Waals surface area contributed by atoms with Crippen LogP contribution >= 0.6 is 15.6 Å². The second kappa shape index (κ2) is 9.01. The first-order valence-corrected chi connectivity index (χ1v) is 4.70. The first-order chi connectivity index (χ1) is 4.00. The maximum atomic E-state index is 8.88. The molecule has 0 spiro atoms. The molecule has 12 heavy (non-hydrogen) atoms. The van der Waals surface area contributed by atoms with Crippen molar-refractivity contribution in [2.75, 3.05) is 0 Å². The third-order valence-corrected chi connectivity index (χ3v) is 0. The van der Waals surface area contributed by atoms with Gasteiger partial charge in [0.1, 0.15) is 0 Å². The predicted octanol–water partition coefficient (Wildman–Crippen LogP) is -3.60. The van der Waals surface area contributed by atoms with Crippen LogP contribution in [0, 0.1) is 0 Å². The van der Waals surface area contributed by atoms with Crippen LogP contribution in [0.1, 0.15) is 0 Å². The number of hydrogen-bond donors (Lipinski definition) is 6. The molecule has 0 aromatic carbocycles. The Labute approximate surface area is 96.8 Å². The molecule has 0 atom stereocenters. The molecule has 12 heteroatoms. The van der Waals surface area contributed by atoms with E-state index in [1.165, 1.54) is 0 Å². The van der Waals surface area contributed by atoms with Gasteiger partial charge in [0, 0.05) is 0 Å². The number of hydrogen-bond acceptors (Lipinski definition) is 2. The Morgan fingerprint density at radius 1 is 0.667 bits per heavy atom. The second-order valence-corrected chi connectivity index (χ2v) is 3.08. The van der Waals surface area contributed by atoms with Gasteiger partial charge in [-0.15, -0.1) is 0 Å². The van der Waals surface area contributed by atoms with Gasteiger partial charge in [-0.1, -0.05) is 0 Å². The first-order valence-electron chi connectivity index (χ1n) is 1.57. The minimum atomic E-state index is -4.64. The monoisotopic (exact) mass is 256 g/mol. The molecule has 8 N–H and O–H groups in total. The standard InChI is InChI=1S/Ca.2H3O4P.H2O.2H/c;2*1-5(2,3)4;;;/h;2*(H3,1,2,3,4);1H2;;. The molecule has 0 aliphatic heterocycles. The van der Waals surface area contributed by atoms with E-state index < -0.39 is 15.6 Å². The molecule has 0 saturated heterocycles. The Morgan fingerprint density at radius 2 is 0.667 bits per heavy atom. The van der Waals surface area contributed by atoms with Gasteiger partial charge < -0.3 is 34.8 Å². The van der Waals surface area contributed by atoms with Crippen molar-refractivity contribution in [1.82, 2.24) is 0 Å². The van der Waals surface area contributed by atoms with Gasteiger partial charge in [-0.05, 0) is 0 Å². The van der Waals surface area contributed by atoms with Crippen molar-refractivity contribution in [2.24, 2.45) is 0 Å². The van der Waals surface area contributed by atoms with Crippen molar-refractivity contribution in [3.8, 4) is 0 Å². The summed E-state index contributed by atoms with van der Waals surface area (Å²) < 4.78 is 17.8. The van der Waals surface area contributed by atoms with E-state index in [1.807, 2.05) is 0 Å². The summed E-state index contributed by atoms with van der Waals surface area (Å²) in [5.41, 5.74) is 0. The SMILES string of the molecule is O.O=P(O)(O)O.O=P(O)(O)O.[CaH2]. The Hall–Kier alpha value is 1.44. The average molecular weight is 256 g/mol. The Bertz CT molecular complexity index is 125. The molecule has 0 unspecified atom stereocenters. The molecule has 0 aromatic heterocycles. The molecule has 0 amide bonds. The zero-order valence-corrected chi connectivity index (χ0v) is 6.68. The van der Waals surface area contributed by atoms with Crippen LogP contribution < -0.4 is 0 Å². The number of rotatable bonds is 0. The molecule has 0 rings (SSSR count). The molecule has 0 fully saturated rings. The molecule has 0 bridgehead atoms. The zero-order valence-electron chi connectivity index (χ0n) is 4.89. The topological polar surface area (TPSA) is 187 Å². The number of phosphoric acid groups is 2. The van der Waals surface area contributed by atoms with Gasteiger partial charge in [-0.3, -0.25) is 0 Å². The quantitative estimate of drug-likeness (QED) is 0.189. The molecular weight excluding hydrogens is 246 g/mol. The van der Waals surface area contributed by atoms with Crippen molar-refractivity contribution in [3.05, 3.63) is 0 Å². The van der Waals surface area contributed by atoms with Gasteiger partial charge in [0.05, 0.1) is 0 Å². The van der Waals surface area contributed by atoms with Crippen LogP contribution in [-0.2, 0) is 9.13 Å². The predicted molar refractivity (Wildman–Crippen MR) is 40.7 cm³/mol. The zero-order chi connectivity index (χ0) is 9.00. The van der Waals surface area contributed by atoms with E-state index >= 15 is 0 Å². The summed E-state index contributed by atoms with van der Waals surface area (Å²) in [6, 6.07) is 0. The molecule has 0 heterocycles. The van der Waals surface area contributed by atoms with Crippen LogP contribution in [0.5, 0.6) is 0 Å². The average Bonchev–Trinajstić information content (AvgIpc) is 1.12. The summed E-state index contributed by atoms with van der Waals surface area (Å²) in [7, 11) is -9.28. The summed E-state index contributed by atoms with van der Waals surface area (Å²) in [4.78, 5) is 43.1. The molecule has 9 nitrogen and oxygen atoms in total. The molecule has 0 saturated carbocycles. The molecular formula is H10CaO9P2. The van der Waals surface area contributed by atoms with Crippen LogP contribution in [0.2, 0.25) is 0 Å². The van der Waals surface area contributed by atoms with Crippen molar-refractivity contribution in [2.45, 2.75) is 0 Å². The van der Waals surface area contributed by atoms with Gasteiger partial charge in [0.15, 0.2) is 0 Å². The summed E-state index contributed by atoms with van der Waals surface area (Å²) in [6.07, 6.45) is 0.